The molecular formula is C9H21NO4. The number of nitrogens with two attached hydrogens (primary N) is 1. The van der Waals surface area contributed by atoms with E-state index in [4.69, 9.17) is 20.7 Å². The zero-order valence-corrected chi connectivity index (χ0v) is 8.76. The topological polar surface area (TPSA) is 95.9 Å². The van der Waals surface area contributed by atoms with Gasteiger partial charge >= 0.3 is 0 Å². The van der Waals surface area contributed by atoms with Gasteiger partial charge in [0.2, 0.25) is 0 Å². The Bertz CT molecular complexity index is 143. The van der Waals surface area contributed by atoms with Crippen LogP contribution >= 0.6 is 0 Å². The molecular weight excluding hydrogens is 186 g/mol. The Balaban J connectivity index is 4.13. The Kier molecular flexibility index (Phi) is 7.04. The van der Waals surface area contributed by atoms with E-state index in [0.29, 0.717) is 0 Å². The molecule has 3 atom stereocenters. The van der Waals surface area contributed by atoms with E-state index in [9.17, 15) is 5.11 Å². The molecule has 0 heterocycles. The van der Waals surface area contributed by atoms with Gasteiger partial charge in [0.1, 0.15) is 6.10 Å². The van der Waals surface area contributed by atoms with Gasteiger partial charge < -0.3 is 25.8 Å². The second kappa shape index (κ2) is 7.14. The summed E-state index contributed by atoms with van der Waals surface area (Å²) in [6.45, 7) is 3.38. The molecule has 0 saturated heterocycles. The summed E-state index contributed by atoms with van der Waals surface area (Å²) >= 11 is 0. The van der Waals surface area contributed by atoms with Gasteiger partial charge in [-0.15, -0.1) is 0 Å². The zero-order chi connectivity index (χ0) is 11.1. The van der Waals surface area contributed by atoms with Crippen LogP contribution in [0.15, 0.2) is 0 Å². The fraction of sp³-hybridized carbons (Fsp3) is 1.00. The highest BCUT2D eigenvalue weighted by atomic mass is 16.5. The van der Waals surface area contributed by atoms with Crippen molar-refractivity contribution in [3.63, 3.8) is 0 Å². The molecule has 0 saturated carbocycles. The van der Waals surface area contributed by atoms with Crippen LogP contribution in [0.2, 0.25) is 0 Å². The lowest BCUT2D eigenvalue weighted by atomic mass is 10.1. The van der Waals surface area contributed by atoms with Crippen LogP contribution in [0.5, 0.6) is 0 Å². The highest BCUT2D eigenvalue weighted by molar-refractivity contribution is 4.72. The fourth-order valence-corrected chi connectivity index (χ4v) is 1.04. The van der Waals surface area contributed by atoms with Crippen molar-refractivity contribution in [2.75, 3.05) is 19.8 Å². The van der Waals surface area contributed by atoms with E-state index >= 15 is 0 Å². The first-order chi connectivity index (χ1) is 6.56. The van der Waals surface area contributed by atoms with Gasteiger partial charge in [-0.1, -0.05) is 13.8 Å². The lowest BCUT2D eigenvalue weighted by Crippen LogP contribution is -2.42. The van der Waals surface area contributed by atoms with Crippen LogP contribution < -0.4 is 5.73 Å². The molecule has 0 aliphatic heterocycles. The summed E-state index contributed by atoms with van der Waals surface area (Å²) in [5.41, 5.74) is 5.24. The molecule has 0 bridgehead atoms. The van der Waals surface area contributed by atoms with Gasteiger partial charge in [0.25, 0.3) is 0 Å². The number of ether oxygens (including phenoxy) is 1. The molecule has 1 unspecified atom stereocenters. The van der Waals surface area contributed by atoms with Crippen LogP contribution in [-0.2, 0) is 4.74 Å². The third kappa shape index (κ3) is 4.34. The van der Waals surface area contributed by atoms with Crippen LogP contribution in [0.3, 0.4) is 0 Å². The smallest absolute Gasteiger partial charge is 0.108 e. The van der Waals surface area contributed by atoms with Crippen molar-refractivity contribution in [3.05, 3.63) is 0 Å². The second-order valence-electron chi connectivity index (χ2n) is 3.63. The molecule has 5 nitrogen and oxygen atoms in total. The molecule has 5 N–H and O–H groups in total. The standard InChI is InChI=1S/C9H21NO4/c1-6(2)8(4-11)14-9(5-12)7(13)3-10/h6-9,11-13H,3-5,10H2,1-2H3/t7-,8+,9?/m0/s1. The lowest BCUT2D eigenvalue weighted by Gasteiger charge is -2.27. The van der Waals surface area contributed by atoms with Gasteiger partial charge in [-0.25, -0.2) is 0 Å². The summed E-state index contributed by atoms with van der Waals surface area (Å²) in [5.74, 6) is 0.124. The molecule has 86 valence electrons. The number of hydrogen-bond acceptors (Lipinski definition) is 5. The minimum absolute atomic E-state index is 0.0292. The van der Waals surface area contributed by atoms with Gasteiger partial charge in [-0.2, -0.15) is 0 Å². The first-order valence-electron chi connectivity index (χ1n) is 4.82. The van der Waals surface area contributed by atoms with Crippen molar-refractivity contribution < 1.29 is 20.1 Å². The van der Waals surface area contributed by atoms with Gasteiger partial charge in [-0.05, 0) is 5.92 Å². The molecule has 0 aromatic rings. The summed E-state index contributed by atoms with van der Waals surface area (Å²) in [6, 6.07) is 0. The Labute approximate surface area is 84.5 Å². The first kappa shape index (κ1) is 13.8. The van der Waals surface area contributed by atoms with Crippen molar-refractivity contribution in [3.8, 4) is 0 Å². The number of aliphatic hydroxyl groups is 3. The predicted molar refractivity (Wildman–Crippen MR) is 52.7 cm³/mol. The molecule has 0 amide bonds. The summed E-state index contributed by atoms with van der Waals surface area (Å²) < 4.78 is 5.33. The predicted octanol–water partition coefficient (Wildman–Crippen LogP) is -1.30. The number of rotatable bonds is 7. The minimum atomic E-state index is -0.896. The van der Waals surface area contributed by atoms with E-state index in [2.05, 4.69) is 0 Å². The quantitative estimate of drug-likeness (QED) is 0.416. The van der Waals surface area contributed by atoms with Gasteiger partial charge in [-0.3, -0.25) is 0 Å². The Morgan fingerprint density at radius 3 is 1.93 bits per heavy atom. The minimum Gasteiger partial charge on any atom is -0.394 e. The maximum atomic E-state index is 9.35. The molecule has 0 spiro atoms. The second-order valence-corrected chi connectivity index (χ2v) is 3.63. The lowest BCUT2D eigenvalue weighted by molar-refractivity contribution is -0.120. The highest BCUT2D eigenvalue weighted by Gasteiger charge is 2.23. The molecule has 0 aliphatic carbocycles. The van der Waals surface area contributed by atoms with E-state index in [1.54, 1.807) is 0 Å². The molecule has 0 aromatic heterocycles. The maximum absolute atomic E-state index is 9.35. The molecule has 0 rings (SSSR count). The van der Waals surface area contributed by atoms with E-state index in [1.807, 2.05) is 13.8 Å². The molecule has 0 fully saturated rings. The van der Waals surface area contributed by atoms with Crippen molar-refractivity contribution in [2.45, 2.75) is 32.2 Å². The SMILES string of the molecule is CC(C)[C@@H](CO)OC(CO)[C@@H](O)CN. The highest BCUT2D eigenvalue weighted by Crippen LogP contribution is 2.10. The summed E-state index contributed by atoms with van der Waals surface area (Å²) in [4.78, 5) is 0. The molecule has 0 radical (unpaired) electrons. The number of aliphatic hydroxyl groups excluding tert-OH is 3. The molecule has 0 aromatic carbocycles. The first-order valence-corrected chi connectivity index (χ1v) is 4.82. The van der Waals surface area contributed by atoms with Crippen molar-refractivity contribution in [1.29, 1.82) is 0 Å². The van der Waals surface area contributed by atoms with Gasteiger partial charge in [0.05, 0.1) is 25.4 Å². The number of hydrogen-bond donors (Lipinski definition) is 4. The van der Waals surface area contributed by atoms with Crippen LogP contribution in [0.4, 0.5) is 0 Å². The normalized spacial score (nSPS) is 18.2. The average molecular weight is 207 g/mol. The van der Waals surface area contributed by atoms with Gasteiger partial charge in [0, 0.05) is 6.54 Å². The monoisotopic (exact) mass is 207 g/mol. The van der Waals surface area contributed by atoms with Crippen molar-refractivity contribution in [2.24, 2.45) is 11.7 Å². The molecule has 0 aliphatic rings. The van der Waals surface area contributed by atoms with Crippen molar-refractivity contribution >= 4 is 0 Å². The summed E-state index contributed by atoms with van der Waals surface area (Å²) in [7, 11) is 0. The van der Waals surface area contributed by atoms with Crippen LogP contribution in [-0.4, -0.2) is 53.4 Å². The summed E-state index contributed by atoms with van der Waals surface area (Å²) in [5, 5.41) is 27.3. The Morgan fingerprint density at radius 2 is 1.64 bits per heavy atom. The van der Waals surface area contributed by atoms with E-state index in [1.165, 1.54) is 0 Å². The van der Waals surface area contributed by atoms with E-state index in [0.717, 1.165) is 0 Å². The molecule has 14 heavy (non-hydrogen) atoms. The Morgan fingerprint density at radius 1 is 1.14 bits per heavy atom. The average Bonchev–Trinajstić information content (AvgIpc) is 2.18. The maximum Gasteiger partial charge on any atom is 0.108 e. The zero-order valence-electron chi connectivity index (χ0n) is 8.76. The Hall–Kier alpha value is -0.200. The largest absolute Gasteiger partial charge is 0.394 e. The third-order valence-corrected chi connectivity index (χ3v) is 2.12. The van der Waals surface area contributed by atoms with Crippen LogP contribution in [0.25, 0.3) is 0 Å². The third-order valence-electron chi connectivity index (χ3n) is 2.12. The van der Waals surface area contributed by atoms with Crippen molar-refractivity contribution in [1.82, 2.24) is 0 Å². The molecule has 5 heteroatoms. The van der Waals surface area contributed by atoms with Gasteiger partial charge in [0.15, 0.2) is 0 Å². The van der Waals surface area contributed by atoms with Crippen LogP contribution in [0.1, 0.15) is 13.8 Å². The van der Waals surface area contributed by atoms with E-state index in [-0.39, 0.29) is 31.8 Å². The summed E-state index contributed by atoms with van der Waals surface area (Å²) in [6.07, 6.45) is -2.00. The van der Waals surface area contributed by atoms with E-state index < -0.39 is 12.2 Å². The van der Waals surface area contributed by atoms with Crippen LogP contribution in [0, 0.1) is 5.92 Å². The fourth-order valence-electron chi connectivity index (χ4n) is 1.04.